The predicted molar refractivity (Wildman–Crippen MR) is 68.1 cm³/mol. The molecule has 1 N–H and O–H groups in total. The van der Waals surface area contributed by atoms with Crippen molar-refractivity contribution in [2.75, 3.05) is 11.4 Å². The molecule has 18 heavy (non-hydrogen) atoms. The largest absolute Gasteiger partial charge is 0.311 e. The number of halogens is 1. The maximum Gasteiger partial charge on any atom is 0.244 e. The molecule has 1 saturated carbocycles. The first-order valence-corrected chi connectivity index (χ1v) is 6.48. The lowest BCUT2D eigenvalue weighted by atomic mass is 10.2. The van der Waals surface area contributed by atoms with Crippen LogP contribution in [0, 0.1) is 12.7 Å². The van der Waals surface area contributed by atoms with Crippen LogP contribution in [0.15, 0.2) is 18.2 Å². The van der Waals surface area contributed by atoms with Crippen molar-refractivity contribution in [2.45, 2.75) is 38.3 Å². The van der Waals surface area contributed by atoms with Gasteiger partial charge in [0.15, 0.2) is 0 Å². The third-order valence-corrected chi connectivity index (χ3v) is 3.56. The van der Waals surface area contributed by atoms with Gasteiger partial charge in [-0.1, -0.05) is 0 Å². The summed E-state index contributed by atoms with van der Waals surface area (Å²) in [4.78, 5) is 13.9. The third kappa shape index (κ3) is 2.25. The Morgan fingerprint density at radius 1 is 1.28 bits per heavy atom. The molecule has 3 rings (SSSR count). The van der Waals surface area contributed by atoms with Gasteiger partial charge in [0.1, 0.15) is 5.82 Å². The van der Waals surface area contributed by atoms with E-state index in [9.17, 15) is 9.18 Å². The van der Waals surface area contributed by atoms with Gasteiger partial charge in [0.25, 0.3) is 0 Å². The molecule has 1 aliphatic heterocycles. The molecule has 3 nitrogen and oxygen atoms in total. The van der Waals surface area contributed by atoms with E-state index in [-0.39, 0.29) is 17.8 Å². The highest BCUT2D eigenvalue weighted by molar-refractivity contribution is 5.99. The molecule has 1 saturated heterocycles. The molecule has 4 heteroatoms. The summed E-state index contributed by atoms with van der Waals surface area (Å²) in [6, 6.07) is 5.21. The average Bonchev–Trinajstić information content (AvgIpc) is 3.03. The van der Waals surface area contributed by atoms with Gasteiger partial charge in [-0.3, -0.25) is 4.79 Å². The van der Waals surface area contributed by atoms with Crippen LogP contribution in [0.3, 0.4) is 0 Å². The molecule has 96 valence electrons. The van der Waals surface area contributed by atoms with E-state index < -0.39 is 0 Å². The molecule has 0 bridgehead atoms. The van der Waals surface area contributed by atoms with E-state index in [0.717, 1.165) is 12.0 Å². The fourth-order valence-corrected chi connectivity index (χ4v) is 2.50. The summed E-state index contributed by atoms with van der Waals surface area (Å²) in [6.07, 6.45) is 3.15. The van der Waals surface area contributed by atoms with Crippen LogP contribution in [0.5, 0.6) is 0 Å². The minimum atomic E-state index is -0.281. The fourth-order valence-electron chi connectivity index (χ4n) is 2.50. The molecule has 0 radical (unpaired) electrons. The van der Waals surface area contributed by atoms with E-state index in [2.05, 4.69) is 5.32 Å². The number of nitrogens with zero attached hydrogens (tertiary/aromatic N) is 1. The third-order valence-electron chi connectivity index (χ3n) is 3.56. The number of carbonyl (C=O) groups is 1. The summed E-state index contributed by atoms with van der Waals surface area (Å²) < 4.78 is 13.4. The number of hydrogen-bond acceptors (Lipinski definition) is 2. The Balaban J connectivity index is 1.77. The van der Waals surface area contributed by atoms with Gasteiger partial charge in [-0.05, 0) is 49.9 Å². The zero-order valence-corrected chi connectivity index (χ0v) is 10.4. The minimum absolute atomic E-state index is 0.0758. The second kappa shape index (κ2) is 4.35. The molecule has 1 unspecified atom stereocenters. The fraction of sp³-hybridized carbons (Fsp3) is 0.500. The molecule has 2 aliphatic rings. The van der Waals surface area contributed by atoms with Gasteiger partial charge in [-0.15, -0.1) is 0 Å². The lowest BCUT2D eigenvalue weighted by Gasteiger charge is -2.18. The summed E-state index contributed by atoms with van der Waals surface area (Å²) in [5.41, 5.74) is 1.52. The van der Waals surface area contributed by atoms with E-state index in [1.54, 1.807) is 4.90 Å². The summed E-state index contributed by atoms with van der Waals surface area (Å²) >= 11 is 0. The highest BCUT2D eigenvalue weighted by Gasteiger charge is 2.36. The van der Waals surface area contributed by atoms with Crippen LogP contribution in [-0.4, -0.2) is 24.5 Å². The highest BCUT2D eigenvalue weighted by atomic mass is 19.1. The normalized spacial score (nSPS) is 23.8. The van der Waals surface area contributed by atoms with Gasteiger partial charge in [0, 0.05) is 18.3 Å². The molecule has 1 heterocycles. The first kappa shape index (κ1) is 11.7. The van der Waals surface area contributed by atoms with E-state index in [4.69, 9.17) is 0 Å². The van der Waals surface area contributed by atoms with Gasteiger partial charge in [0.2, 0.25) is 5.91 Å². The van der Waals surface area contributed by atoms with Gasteiger partial charge >= 0.3 is 0 Å². The Labute approximate surface area is 106 Å². The van der Waals surface area contributed by atoms with Crippen molar-refractivity contribution in [1.82, 2.24) is 5.32 Å². The zero-order chi connectivity index (χ0) is 12.7. The van der Waals surface area contributed by atoms with Crippen molar-refractivity contribution in [3.05, 3.63) is 29.6 Å². The molecule has 0 aromatic heterocycles. The number of rotatable bonds is 3. The lowest BCUT2D eigenvalue weighted by Crippen LogP contribution is -2.39. The van der Waals surface area contributed by atoms with Crippen LogP contribution in [0.2, 0.25) is 0 Å². The monoisotopic (exact) mass is 248 g/mol. The van der Waals surface area contributed by atoms with Crippen molar-refractivity contribution < 1.29 is 9.18 Å². The summed E-state index contributed by atoms with van der Waals surface area (Å²) in [5, 5.41) is 3.35. The number of aryl methyl sites for hydroxylation is 1. The molecule has 0 spiro atoms. The minimum Gasteiger partial charge on any atom is -0.311 e. The zero-order valence-electron chi connectivity index (χ0n) is 10.4. The Hall–Kier alpha value is -1.42. The molecule has 1 atom stereocenters. The molecule has 1 aromatic rings. The number of anilines is 1. The van der Waals surface area contributed by atoms with Crippen LogP contribution >= 0.6 is 0 Å². The SMILES string of the molecule is Cc1cc(F)cc(N2CCC(NC3CC3)C2=O)c1. The molecule has 1 aliphatic carbocycles. The maximum atomic E-state index is 13.4. The van der Waals surface area contributed by atoms with E-state index >= 15 is 0 Å². The van der Waals surface area contributed by atoms with Gasteiger partial charge in [0.05, 0.1) is 6.04 Å². The second-order valence-corrected chi connectivity index (χ2v) is 5.26. The van der Waals surface area contributed by atoms with E-state index in [0.29, 0.717) is 18.3 Å². The predicted octanol–water partition coefficient (Wildman–Crippen LogP) is 1.99. The second-order valence-electron chi connectivity index (χ2n) is 5.26. The number of benzene rings is 1. The number of nitrogens with one attached hydrogen (secondary N) is 1. The van der Waals surface area contributed by atoms with Crippen LogP contribution in [0.4, 0.5) is 10.1 Å². The van der Waals surface area contributed by atoms with Crippen molar-refractivity contribution >= 4 is 11.6 Å². The van der Waals surface area contributed by atoms with Crippen LogP contribution in [0.25, 0.3) is 0 Å². The van der Waals surface area contributed by atoms with E-state index in [1.165, 1.54) is 25.0 Å². The van der Waals surface area contributed by atoms with E-state index in [1.807, 2.05) is 13.0 Å². The molecule has 1 amide bonds. The van der Waals surface area contributed by atoms with Crippen LogP contribution < -0.4 is 10.2 Å². The van der Waals surface area contributed by atoms with Crippen molar-refractivity contribution in [1.29, 1.82) is 0 Å². The first-order chi connectivity index (χ1) is 8.63. The molecule has 1 aromatic carbocycles. The molecule has 2 fully saturated rings. The smallest absolute Gasteiger partial charge is 0.244 e. The standard InChI is InChI=1S/C14H17FN2O/c1-9-6-10(15)8-12(7-9)17-5-4-13(14(17)18)16-11-2-3-11/h6-8,11,13,16H,2-5H2,1H3. The Morgan fingerprint density at radius 3 is 2.72 bits per heavy atom. The summed E-state index contributed by atoms with van der Waals surface area (Å²) in [6.45, 7) is 2.51. The van der Waals surface area contributed by atoms with Crippen molar-refractivity contribution in [2.24, 2.45) is 0 Å². The van der Waals surface area contributed by atoms with Gasteiger partial charge in [-0.2, -0.15) is 0 Å². The number of carbonyl (C=O) groups excluding carboxylic acids is 1. The van der Waals surface area contributed by atoms with Crippen LogP contribution in [0.1, 0.15) is 24.8 Å². The van der Waals surface area contributed by atoms with Gasteiger partial charge < -0.3 is 10.2 Å². The quantitative estimate of drug-likeness (QED) is 0.887. The van der Waals surface area contributed by atoms with Gasteiger partial charge in [-0.25, -0.2) is 4.39 Å². The maximum absolute atomic E-state index is 13.4. The highest BCUT2D eigenvalue weighted by Crippen LogP contribution is 2.26. The Bertz CT molecular complexity index is 464. The first-order valence-electron chi connectivity index (χ1n) is 6.48. The van der Waals surface area contributed by atoms with Crippen LogP contribution in [-0.2, 0) is 4.79 Å². The lowest BCUT2D eigenvalue weighted by molar-refractivity contribution is -0.118. The summed E-state index contributed by atoms with van der Waals surface area (Å²) in [7, 11) is 0. The molecular weight excluding hydrogens is 231 g/mol. The average molecular weight is 248 g/mol. The number of hydrogen-bond donors (Lipinski definition) is 1. The van der Waals surface area contributed by atoms with Crippen molar-refractivity contribution in [3.8, 4) is 0 Å². The topological polar surface area (TPSA) is 32.3 Å². The summed E-state index contributed by atoms with van der Waals surface area (Å²) in [5.74, 6) is -0.205. The Morgan fingerprint density at radius 2 is 2.06 bits per heavy atom. The van der Waals surface area contributed by atoms with Crippen molar-refractivity contribution in [3.63, 3.8) is 0 Å². The number of amides is 1. The Kier molecular flexibility index (Phi) is 2.82. The molecular formula is C14H17FN2O.